The predicted molar refractivity (Wildman–Crippen MR) is 115 cm³/mol. The van der Waals surface area contributed by atoms with E-state index in [1.165, 1.54) is 6.26 Å². The van der Waals surface area contributed by atoms with Crippen LogP contribution in [-0.4, -0.2) is 31.1 Å². The van der Waals surface area contributed by atoms with Crippen LogP contribution >= 0.6 is 22.9 Å². The zero-order valence-corrected chi connectivity index (χ0v) is 18.6. The molecule has 2 heterocycles. The number of fused-ring (bicyclic) bond motifs is 1. The Labute approximate surface area is 182 Å². The lowest BCUT2D eigenvalue weighted by Crippen LogP contribution is -2.76. The summed E-state index contributed by atoms with van der Waals surface area (Å²) in [6.45, 7) is 0. The van der Waals surface area contributed by atoms with Crippen molar-refractivity contribution < 1.29 is 17.6 Å². The third kappa shape index (κ3) is 2.50. The molecule has 2 bridgehead atoms. The number of furan rings is 1. The van der Waals surface area contributed by atoms with Gasteiger partial charge in [0, 0.05) is 22.2 Å². The summed E-state index contributed by atoms with van der Waals surface area (Å²) in [4.78, 5) is 17.5. The number of thiazole rings is 1. The highest BCUT2D eigenvalue weighted by Gasteiger charge is 2.70. The Kier molecular flexibility index (Phi) is 3.56. The topological polar surface area (TPSA) is 89.3 Å². The first-order valence-corrected chi connectivity index (χ1v) is 12.9. The summed E-state index contributed by atoms with van der Waals surface area (Å²) in [7, 11) is -3.27. The lowest BCUT2D eigenvalue weighted by atomic mass is 9.39. The smallest absolute Gasteiger partial charge is 0.287 e. The molecule has 7 rings (SSSR count). The Morgan fingerprint density at radius 1 is 1.20 bits per heavy atom. The molecule has 3 aromatic rings. The quantitative estimate of drug-likeness (QED) is 0.614. The lowest BCUT2D eigenvalue weighted by molar-refractivity contribution is -0.0811. The fourth-order valence-electron chi connectivity index (χ4n) is 5.20. The molecule has 0 spiro atoms. The van der Waals surface area contributed by atoms with Crippen LogP contribution in [-0.2, 0) is 20.0 Å². The maximum absolute atomic E-state index is 12.7. The maximum atomic E-state index is 12.7. The van der Waals surface area contributed by atoms with E-state index in [1.807, 2.05) is 18.2 Å². The summed E-state index contributed by atoms with van der Waals surface area (Å²) in [5, 5.41) is 4.90. The van der Waals surface area contributed by atoms with Crippen molar-refractivity contribution in [1.82, 2.24) is 10.3 Å². The van der Waals surface area contributed by atoms with Crippen molar-refractivity contribution in [2.45, 2.75) is 47.8 Å². The number of hydrogen-bond donors (Lipinski definition) is 1. The van der Waals surface area contributed by atoms with Crippen LogP contribution < -0.4 is 5.32 Å². The molecule has 4 fully saturated rings. The van der Waals surface area contributed by atoms with E-state index in [-0.39, 0.29) is 22.6 Å². The highest BCUT2D eigenvalue weighted by atomic mass is 35.5. The number of hydrogen-bond acceptors (Lipinski definition) is 6. The van der Waals surface area contributed by atoms with E-state index in [1.54, 1.807) is 23.5 Å². The molecule has 9 heteroatoms. The molecule has 4 saturated carbocycles. The van der Waals surface area contributed by atoms with E-state index in [0.717, 1.165) is 34.5 Å². The average molecular weight is 463 g/mol. The molecule has 1 aromatic carbocycles. The monoisotopic (exact) mass is 462 g/mol. The van der Waals surface area contributed by atoms with Gasteiger partial charge >= 0.3 is 0 Å². The van der Waals surface area contributed by atoms with Gasteiger partial charge in [-0.25, -0.2) is 13.4 Å². The van der Waals surface area contributed by atoms with E-state index >= 15 is 0 Å². The van der Waals surface area contributed by atoms with Crippen molar-refractivity contribution >= 4 is 48.9 Å². The third-order valence-electron chi connectivity index (χ3n) is 6.91. The van der Waals surface area contributed by atoms with Crippen LogP contribution in [0, 0.1) is 0 Å². The Bertz CT molecular complexity index is 1320. The molecular weight excluding hydrogens is 444 g/mol. The number of aromatic nitrogens is 1. The Hall–Kier alpha value is -1.90. The summed E-state index contributed by atoms with van der Waals surface area (Å²) in [6, 6.07) is 8.97. The Morgan fingerprint density at radius 3 is 2.60 bits per heavy atom. The van der Waals surface area contributed by atoms with Gasteiger partial charge in [0.15, 0.2) is 15.6 Å². The van der Waals surface area contributed by atoms with Gasteiger partial charge in [-0.15, -0.1) is 11.3 Å². The largest absolute Gasteiger partial charge is 0.454 e. The summed E-state index contributed by atoms with van der Waals surface area (Å²) in [6.07, 6.45) is 4.89. The van der Waals surface area contributed by atoms with Crippen LogP contribution in [0.15, 0.2) is 34.7 Å². The van der Waals surface area contributed by atoms with Crippen LogP contribution in [0.1, 0.15) is 53.4 Å². The van der Waals surface area contributed by atoms with Gasteiger partial charge < -0.3 is 9.73 Å². The molecule has 4 aliphatic carbocycles. The number of sulfone groups is 1. The number of carbonyl (C=O) groups excluding carboxylic acids is 1. The van der Waals surface area contributed by atoms with E-state index in [2.05, 4.69) is 5.32 Å². The lowest BCUT2D eigenvalue weighted by Gasteiger charge is -2.69. The number of nitrogens with one attached hydrogen (secondary N) is 1. The third-order valence-corrected chi connectivity index (χ3v) is 10.5. The number of amides is 1. The molecule has 4 aliphatic rings. The molecule has 0 saturated heterocycles. The zero-order chi connectivity index (χ0) is 20.9. The number of carbonyl (C=O) groups is 1. The van der Waals surface area contributed by atoms with Crippen LogP contribution in [0.4, 0.5) is 0 Å². The van der Waals surface area contributed by atoms with E-state index < -0.39 is 14.6 Å². The number of halogens is 1. The second-order valence-corrected chi connectivity index (χ2v) is 12.9. The predicted octanol–water partition coefficient (Wildman–Crippen LogP) is 4.18. The number of rotatable bonds is 5. The molecule has 156 valence electrons. The molecule has 0 radical (unpaired) electrons. The first-order valence-electron chi connectivity index (χ1n) is 9.83. The van der Waals surface area contributed by atoms with Gasteiger partial charge in [0.25, 0.3) is 5.91 Å². The summed E-state index contributed by atoms with van der Waals surface area (Å²) in [5.41, 5.74) is 0.757. The van der Waals surface area contributed by atoms with E-state index in [0.29, 0.717) is 23.6 Å². The van der Waals surface area contributed by atoms with Gasteiger partial charge in [0.2, 0.25) is 0 Å². The molecule has 2 aromatic heterocycles. The minimum absolute atomic E-state index is 0.0477. The number of benzene rings is 1. The fraction of sp³-hybridized carbons (Fsp3) is 0.429. The fourth-order valence-corrected chi connectivity index (χ4v) is 7.81. The number of nitrogens with zero attached hydrogens (tertiary/aromatic N) is 1. The van der Waals surface area contributed by atoms with Gasteiger partial charge in [-0.05, 0) is 62.4 Å². The van der Waals surface area contributed by atoms with Crippen LogP contribution in [0.25, 0.3) is 10.2 Å². The first-order chi connectivity index (χ1) is 14.1. The van der Waals surface area contributed by atoms with Crippen molar-refractivity contribution in [3.63, 3.8) is 0 Å². The van der Waals surface area contributed by atoms with Crippen molar-refractivity contribution in [2.24, 2.45) is 0 Å². The van der Waals surface area contributed by atoms with Crippen molar-refractivity contribution in [3.8, 4) is 0 Å². The summed E-state index contributed by atoms with van der Waals surface area (Å²) >= 11 is 7.77. The van der Waals surface area contributed by atoms with Crippen LogP contribution in [0.5, 0.6) is 0 Å². The molecule has 1 N–H and O–H groups in total. The summed E-state index contributed by atoms with van der Waals surface area (Å²) < 4.78 is 30.0. The molecule has 0 aliphatic heterocycles. The average Bonchev–Trinajstić information content (AvgIpc) is 3.11. The van der Waals surface area contributed by atoms with Gasteiger partial charge in [-0.3, -0.25) is 4.79 Å². The van der Waals surface area contributed by atoms with Crippen LogP contribution in [0.2, 0.25) is 5.02 Å². The normalized spacial score (nSPS) is 28.6. The highest BCUT2D eigenvalue weighted by molar-refractivity contribution is 7.91. The molecule has 0 unspecified atom stereocenters. The summed E-state index contributed by atoms with van der Waals surface area (Å²) in [5.74, 6) is 0.264. The minimum Gasteiger partial charge on any atom is -0.454 e. The second kappa shape index (κ2) is 5.66. The molecule has 1 amide bonds. The van der Waals surface area contributed by atoms with E-state index in [4.69, 9.17) is 21.0 Å². The Morgan fingerprint density at radius 2 is 1.93 bits per heavy atom. The van der Waals surface area contributed by atoms with Crippen molar-refractivity contribution in [3.05, 3.63) is 51.9 Å². The van der Waals surface area contributed by atoms with Gasteiger partial charge in [-0.1, -0.05) is 11.6 Å². The van der Waals surface area contributed by atoms with Gasteiger partial charge in [-0.2, -0.15) is 0 Å². The van der Waals surface area contributed by atoms with Gasteiger partial charge in [0.1, 0.15) is 15.5 Å². The maximum Gasteiger partial charge on any atom is 0.287 e. The first kappa shape index (κ1) is 18.8. The van der Waals surface area contributed by atoms with E-state index in [9.17, 15) is 13.2 Å². The molecule has 0 atom stereocenters. The minimum atomic E-state index is -3.27. The second-order valence-electron chi connectivity index (χ2n) is 9.11. The van der Waals surface area contributed by atoms with Gasteiger partial charge in [0.05, 0.1) is 10.2 Å². The standard InChI is InChI=1S/C21H19ClN2O4S2/c1-30(26,27)21(6-7-21)16-5-3-14(28-16)17(25)24-20-9-19(10-20,11-20)18-23-13-8-12(22)2-4-15(13)29-18/h2-5,8H,6-7,9-11H2,1H3,(H,24,25). The highest BCUT2D eigenvalue weighted by Crippen LogP contribution is 2.68. The SMILES string of the molecule is CS(=O)(=O)C1(c2ccc(C(=O)NC34CC(c5nc6cc(Cl)ccc6s5)(C3)C4)o2)CC1. The zero-order valence-electron chi connectivity index (χ0n) is 16.2. The van der Waals surface area contributed by atoms with Crippen LogP contribution in [0.3, 0.4) is 0 Å². The van der Waals surface area contributed by atoms with Crippen molar-refractivity contribution in [2.75, 3.05) is 6.26 Å². The van der Waals surface area contributed by atoms with Crippen molar-refractivity contribution in [1.29, 1.82) is 0 Å². The molecular formula is C21H19ClN2O4S2. The molecule has 30 heavy (non-hydrogen) atoms. The molecule has 6 nitrogen and oxygen atoms in total. The Balaban J connectivity index is 1.16.